The first-order chi connectivity index (χ1) is 14.6. The molecule has 0 aliphatic carbocycles. The Morgan fingerprint density at radius 3 is 1.80 bits per heavy atom. The summed E-state index contributed by atoms with van der Waals surface area (Å²) < 4.78 is 0. The Balaban J connectivity index is 1.41. The Labute approximate surface area is 176 Å². The Morgan fingerprint density at radius 2 is 1.33 bits per heavy atom. The Bertz CT molecular complexity index is 1060. The molecule has 7 nitrogen and oxygen atoms in total. The van der Waals surface area contributed by atoms with Gasteiger partial charge in [-0.3, -0.25) is 0 Å². The molecule has 5 rings (SSSR count). The third-order valence-electron chi connectivity index (χ3n) is 5.63. The van der Waals surface area contributed by atoms with E-state index in [9.17, 15) is 0 Å². The zero-order valence-electron chi connectivity index (χ0n) is 17.2. The van der Waals surface area contributed by atoms with Crippen LogP contribution in [0.3, 0.4) is 0 Å². The molecule has 0 N–H and O–H groups in total. The van der Waals surface area contributed by atoms with Gasteiger partial charge in [0.05, 0.1) is 31.3 Å². The van der Waals surface area contributed by atoms with Crippen LogP contribution in [-0.4, -0.2) is 37.4 Å². The molecule has 0 saturated carbocycles. The summed E-state index contributed by atoms with van der Waals surface area (Å²) in [5.74, 6) is 1.99. The minimum absolute atomic E-state index is 0.671. The lowest BCUT2D eigenvalue weighted by Crippen LogP contribution is -2.28. The smallest absolute Gasteiger partial charge is 0.187 e. The van der Waals surface area contributed by atoms with Gasteiger partial charge in [-0.1, -0.05) is 18.2 Å². The van der Waals surface area contributed by atoms with E-state index in [1.54, 1.807) is 0 Å². The van der Waals surface area contributed by atoms with E-state index in [-0.39, 0.29) is 0 Å². The molecule has 2 aliphatic rings. The lowest BCUT2D eigenvalue weighted by atomic mass is 10.1. The van der Waals surface area contributed by atoms with E-state index < -0.39 is 0 Å². The summed E-state index contributed by atoms with van der Waals surface area (Å²) >= 11 is 0. The first-order valence-corrected chi connectivity index (χ1v) is 9.95. The van der Waals surface area contributed by atoms with Gasteiger partial charge in [-0.15, -0.1) is 0 Å². The highest BCUT2D eigenvalue weighted by Gasteiger charge is 2.26. The molecule has 2 aromatic heterocycles. The first kappa shape index (κ1) is 18.3. The van der Waals surface area contributed by atoms with Crippen LogP contribution in [0.15, 0.2) is 54.9 Å². The van der Waals surface area contributed by atoms with Crippen molar-refractivity contribution < 1.29 is 0 Å². The Kier molecular flexibility index (Phi) is 4.40. The Hall–Kier alpha value is -3.79. The quantitative estimate of drug-likeness (QED) is 0.623. The normalized spacial score (nSPS) is 14.7. The van der Waals surface area contributed by atoms with Crippen LogP contribution in [0.1, 0.15) is 11.1 Å². The van der Waals surface area contributed by atoms with Crippen molar-refractivity contribution in [3.8, 4) is 0 Å². The van der Waals surface area contributed by atoms with Gasteiger partial charge in [-0.25, -0.2) is 14.8 Å². The van der Waals surface area contributed by atoms with Gasteiger partial charge in [0.1, 0.15) is 0 Å². The number of nitrogens with zero attached hydrogens (tertiary/aromatic N) is 7. The van der Waals surface area contributed by atoms with Crippen molar-refractivity contribution in [3.63, 3.8) is 0 Å². The molecule has 0 saturated heterocycles. The minimum Gasteiger partial charge on any atom is -0.354 e. The van der Waals surface area contributed by atoms with Crippen LogP contribution < -0.4 is 19.6 Å². The molecular weight excluding hydrogens is 374 g/mol. The largest absolute Gasteiger partial charge is 0.354 e. The number of hydrogen-bond acceptors (Lipinski definition) is 6. The fraction of sp³-hybridized carbons (Fsp3) is 0.261. The van der Waals surface area contributed by atoms with Crippen LogP contribution in [-0.2, 0) is 13.1 Å². The van der Waals surface area contributed by atoms with Crippen LogP contribution in [0.2, 0.25) is 0 Å². The first-order valence-electron chi connectivity index (χ1n) is 9.95. The van der Waals surface area contributed by atoms with Gasteiger partial charge >= 0.3 is 0 Å². The van der Waals surface area contributed by atoms with Crippen molar-refractivity contribution in [1.29, 1.82) is 0 Å². The van der Waals surface area contributed by atoms with Gasteiger partial charge in [-0.2, -0.15) is 0 Å². The summed E-state index contributed by atoms with van der Waals surface area (Å²) in [5.41, 5.74) is 5.20. The molecule has 0 atom stereocenters. The molecule has 7 heteroatoms. The predicted octanol–water partition coefficient (Wildman–Crippen LogP) is 3.86. The summed E-state index contributed by atoms with van der Waals surface area (Å²) in [4.78, 5) is 21.8. The third kappa shape index (κ3) is 3.16. The standard InChI is InChI=1S/C23H23N7/c1-24-19-11-17(13-29-15-27(2)20-6-4-8-25-22(20)29)10-18(12-19)14-30-16-28(3)21-7-5-9-26-23(21)30/h4-12H,13-16H2,2-3H3. The van der Waals surface area contributed by atoms with Gasteiger partial charge < -0.3 is 19.6 Å². The summed E-state index contributed by atoms with van der Waals surface area (Å²) in [7, 11) is 4.16. The second-order valence-electron chi connectivity index (χ2n) is 7.89. The summed E-state index contributed by atoms with van der Waals surface area (Å²) in [5, 5.41) is 0. The van der Waals surface area contributed by atoms with Crippen LogP contribution in [0.4, 0.5) is 28.7 Å². The van der Waals surface area contributed by atoms with E-state index in [2.05, 4.69) is 66.7 Å². The number of anilines is 4. The van der Waals surface area contributed by atoms with Crippen molar-refractivity contribution in [2.45, 2.75) is 13.1 Å². The van der Waals surface area contributed by atoms with Crippen molar-refractivity contribution in [1.82, 2.24) is 9.97 Å². The molecule has 150 valence electrons. The lowest BCUT2D eigenvalue weighted by molar-refractivity contribution is 0.794. The highest BCUT2D eigenvalue weighted by molar-refractivity contribution is 5.73. The zero-order valence-corrected chi connectivity index (χ0v) is 17.2. The number of aromatic nitrogens is 2. The number of hydrogen-bond donors (Lipinski definition) is 0. The van der Waals surface area contributed by atoms with Crippen LogP contribution in [0.25, 0.3) is 4.85 Å². The van der Waals surface area contributed by atoms with Gasteiger partial charge in [-0.05, 0) is 35.4 Å². The average molecular weight is 397 g/mol. The number of benzene rings is 1. The second kappa shape index (κ2) is 7.23. The third-order valence-corrected chi connectivity index (χ3v) is 5.63. The molecule has 30 heavy (non-hydrogen) atoms. The van der Waals surface area contributed by atoms with Crippen molar-refractivity contribution in [3.05, 3.63) is 77.4 Å². The predicted molar refractivity (Wildman–Crippen MR) is 120 cm³/mol. The fourth-order valence-corrected chi connectivity index (χ4v) is 4.34. The molecule has 4 heterocycles. The SMILES string of the molecule is [C-]#[N+]c1cc(CN2CN(C)c3cccnc32)cc(CN2CN(C)c3cccnc32)c1. The molecule has 0 amide bonds. The van der Waals surface area contributed by atoms with Crippen molar-refractivity contribution in [2.24, 2.45) is 0 Å². The maximum Gasteiger partial charge on any atom is 0.187 e. The van der Waals surface area contributed by atoms with Crippen molar-refractivity contribution in [2.75, 3.05) is 47.0 Å². The maximum absolute atomic E-state index is 7.56. The molecule has 0 bridgehead atoms. The van der Waals surface area contributed by atoms with Crippen LogP contribution >= 0.6 is 0 Å². The Morgan fingerprint density at radius 1 is 0.833 bits per heavy atom. The van der Waals surface area contributed by atoms with E-state index in [0.29, 0.717) is 5.69 Å². The number of fused-ring (bicyclic) bond motifs is 2. The van der Waals surface area contributed by atoms with E-state index >= 15 is 0 Å². The van der Waals surface area contributed by atoms with Crippen molar-refractivity contribution >= 4 is 28.7 Å². The van der Waals surface area contributed by atoms with Gasteiger partial charge in [0, 0.05) is 39.6 Å². The zero-order chi connectivity index (χ0) is 20.7. The van der Waals surface area contributed by atoms with Crippen LogP contribution in [0, 0.1) is 6.57 Å². The van der Waals surface area contributed by atoms with Gasteiger partial charge in [0.25, 0.3) is 0 Å². The molecule has 0 spiro atoms. The van der Waals surface area contributed by atoms with E-state index in [1.165, 1.54) is 0 Å². The van der Waals surface area contributed by atoms with E-state index in [1.807, 2.05) is 36.7 Å². The highest BCUT2D eigenvalue weighted by Crippen LogP contribution is 2.35. The molecule has 0 fully saturated rings. The highest BCUT2D eigenvalue weighted by atomic mass is 15.4. The average Bonchev–Trinajstić information content (AvgIpc) is 3.25. The second-order valence-corrected chi connectivity index (χ2v) is 7.89. The molecule has 1 aromatic carbocycles. The molecule has 2 aliphatic heterocycles. The monoisotopic (exact) mass is 397 g/mol. The number of rotatable bonds is 4. The van der Waals surface area contributed by atoms with Gasteiger partial charge in [0.2, 0.25) is 0 Å². The van der Waals surface area contributed by atoms with E-state index in [0.717, 1.165) is 60.6 Å². The summed E-state index contributed by atoms with van der Waals surface area (Å²) in [6, 6.07) is 14.3. The van der Waals surface area contributed by atoms with E-state index in [4.69, 9.17) is 6.57 Å². The minimum atomic E-state index is 0.671. The van der Waals surface area contributed by atoms with Crippen LogP contribution in [0.5, 0.6) is 0 Å². The summed E-state index contributed by atoms with van der Waals surface area (Å²) in [6.07, 6.45) is 3.67. The van der Waals surface area contributed by atoms with Gasteiger partial charge in [0.15, 0.2) is 17.3 Å². The fourth-order valence-electron chi connectivity index (χ4n) is 4.34. The molecule has 0 unspecified atom stereocenters. The lowest BCUT2D eigenvalue weighted by Gasteiger charge is -2.21. The molecule has 3 aromatic rings. The molecule has 0 radical (unpaired) electrons. The topological polar surface area (TPSA) is 43.1 Å². The number of pyridine rings is 2. The maximum atomic E-state index is 7.56. The summed E-state index contributed by atoms with van der Waals surface area (Å²) in [6.45, 7) is 10.6. The molecular formula is C23H23N7.